The molecule has 0 saturated carbocycles. The highest BCUT2D eigenvalue weighted by molar-refractivity contribution is 5.85. The van der Waals surface area contributed by atoms with Crippen LogP contribution >= 0.6 is 0 Å². The minimum Gasteiger partial charge on any atom is -0.480 e. The van der Waals surface area contributed by atoms with Gasteiger partial charge in [0, 0.05) is 6.20 Å². The van der Waals surface area contributed by atoms with E-state index in [2.05, 4.69) is 20.2 Å². The molecule has 11 heteroatoms. The summed E-state index contributed by atoms with van der Waals surface area (Å²) in [6.45, 7) is 0. The van der Waals surface area contributed by atoms with Gasteiger partial charge in [0.15, 0.2) is 6.04 Å². The van der Waals surface area contributed by atoms with Crippen molar-refractivity contribution >= 4 is 17.4 Å². The van der Waals surface area contributed by atoms with Gasteiger partial charge in [0.2, 0.25) is 0 Å². The fourth-order valence-electron chi connectivity index (χ4n) is 3.32. The lowest BCUT2D eigenvalue weighted by Gasteiger charge is -2.35. The molecular weight excluding hydrogens is 379 g/mol. The molecule has 2 aromatic rings. The minimum absolute atomic E-state index is 0.00123. The van der Waals surface area contributed by atoms with Crippen molar-refractivity contribution in [2.45, 2.75) is 25.2 Å². The third-order valence-electron chi connectivity index (χ3n) is 4.41. The van der Waals surface area contributed by atoms with Crippen LogP contribution in [0.1, 0.15) is 17.7 Å². The lowest BCUT2D eigenvalue weighted by molar-refractivity contribution is -0.348. The molecule has 1 aromatic carbocycles. The minimum atomic E-state index is -5.04. The van der Waals surface area contributed by atoms with Crippen molar-refractivity contribution in [3.63, 3.8) is 0 Å². The second kappa shape index (κ2) is 6.77. The summed E-state index contributed by atoms with van der Waals surface area (Å²) in [7, 11) is 0. The molecule has 8 nitrogen and oxygen atoms in total. The number of carboxylic acids is 1. The molecule has 0 fully saturated rings. The summed E-state index contributed by atoms with van der Waals surface area (Å²) >= 11 is 0. The van der Waals surface area contributed by atoms with E-state index < -0.39 is 18.4 Å². The van der Waals surface area contributed by atoms with E-state index in [0.29, 0.717) is 35.0 Å². The number of fused-ring (bicyclic) bond motifs is 2. The molecule has 2 aliphatic rings. The van der Waals surface area contributed by atoms with E-state index in [4.69, 9.17) is 0 Å². The number of nitrogens with one attached hydrogen (secondary N) is 1. The van der Waals surface area contributed by atoms with Gasteiger partial charge < -0.3 is 5.11 Å². The van der Waals surface area contributed by atoms with Gasteiger partial charge in [-0.3, -0.25) is 5.43 Å². The van der Waals surface area contributed by atoms with E-state index in [-0.39, 0.29) is 5.69 Å². The number of aromatic nitrogens is 2. The summed E-state index contributed by atoms with van der Waals surface area (Å²) in [4.78, 5) is 24.2. The number of aliphatic carboxylic acids is 1. The molecule has 0 bridgehead atoms. The zero-order valence-electron chi connectivity index (χ0n) is 14.2. The van der Waals surface area contributed by atoms with Crippen molar-refractivity contribution in [2.75, 3.05) is 5.17 Å². The van der Waals surface area contributed by atoms with Crippen molar-refractivity contribution in [1.29, 1.82) is 0 Å². The third-order valence-corrected chi connectivity index (χ3v) is 4.41. The maximum Gasteiger partial charge on any atom is 0.545 e. The smallest absolute Gasteiger partial charge is 0.480 e. The van der Waals surface area contributed by atoms with Gasteiger partial charge in [-0.15, -0.1) is 13.2 Å². The Balaban J connectivity index is 1.77. The molecule has 1 unspecified atom stereocenters. The topological polar surface area (TPSA) is 90.8 Å². The second-order valence-electron chi connectivity index (χ2n) is 6.14. The Morgan fingerprint density at radius 2 is 2.04 bits per heavy atom. The van der Waals surface area contributed by atoms with Crippen LogP contribution in [0, 0.1) is 0 Å². The number of carboxylic acid groups (broad SMARTS) is 1. The number of nitrogens with zero attached hydrogens (tertiary/aromatic N) is 4. The summed E-state index contributed by atoms with van der Waals surface area (Å²) in [5, 5.41) is 11.0. The normalized spacial score (nSPS) is 19.0. The van der Waals surface area contributed by atoms with E-state index in [1.54, 1.807) is 12.3 Å². The predicted octanol–water partition coefficient (Wildman–Crippen LogP) is 2.28. The average Bonchev–Trinajstić information content (AvgIpc) is 3.06. The van der Waals surface area contributed by atoms with Gasteiger partial charge in [-0.05, 0) is 36.1 Å². The first-order chi connectivity index (χ1) is 13.3. The second-order valence-corrected chi connectivity index (χ2v) is 6.14. The Hall–Kier alpha value is -3.18. The van der Waals surface area contributed by atoms with Crippen LogP contribution in [0.15, 0.2) is 48.4 Å². The molecule has 0 spiro atoms. The van der Waals surface area contributed by atoms with Crippen LogP contribution in [-0.2, 0) is 16.1 Å². The number of hydrazine groups is 2. The van der Waals surface area contributed by atoms with E-state index in [1.807, 2.05) is 0 Å². The van der Waals surface area contributed by atoms with Crippen LogP contribution < -0.4 is 10.6 Å². The van der Waals surface area contributed by atoms with Gasteiger partial charge >= 0.3 is 12.3 Å². The Kier molecular flexibility index (Phi) is 4.40. The van der Waals surface area contributed by atoms with Crippen molar-refractivity contribution in [3.8, 4) is 0 Å². The molecule has 1 aromatic heterocycles. The first kappa shape index (κ1) is 18.2. The average molecular weight is 393 g/mol. The van der Waals surface area contributed by atoms with E-state index >= 15 is 0 Å². The van der Waals surface area contributed by atoms with Gasteiger partial charge in [0.25, 0.3) is 0 Å². The number of hydrogen-bond acceptors (Lipinski definition) is 7. The highest BCUT2D eigenvalue weighted by Gasteiger charge is 2.47. The molecule has 0 amide bonds. The Bertz CT molecular complexity index is 935. The van der Waals surface area contributed by atoms with Gasteiger partial charge in [0.05, 0.1) is 17.1 Å². The first-order valence-corrected chi connectivity index (χ1v) is 8.27. The standard InChI is InChI=1S/C17H14F3N5O3/c18-17(19,20)28-25(11-4-2-1-3-5-11)24-15(16(26)27)12-7-6-10-8-21-9-22-13(10)14(12)23-24/h1-5,8-9,15,23H,6-7H2,(H,26,27). The molecule has 0 radical (unpaired) electrons. The lowest BCUT2D eigenvalue weighted by Crippen LogP contribution is -2.56. The molecule has 1 atom stereocenters. The summed E-state index contributed by atoms with van der Waals surface area (Å²) < 4.78 is 39.2. The molecule has 0 saturated heterocycles. The maximum atomic E-state index is 13.1. The van der Waals surface area contributed by atoms with E-state index in [0.717, 1.165) is 10.7 Å². The van der Waals surface area contributed by atoms with E-state index in [1.165, 1.54) is 30.6 Å². The summed E-state index contributed by atoms with van der Waals surface area (Å²) in [6.07, 6.45) is -1.31. The number of hydrogen-bond donors (Lipinski definition) is 2. The maximum absolute atomic E-state index is 13.1. The predicted molar refractivity (Wildman–Crippen MR) is 89.7 cm³/mol. The number of anilines is 1. The largest absolute Gasteiger partial charge is 0.545 e. The van der Waals surface area contributed by atoms with Crippen LogP contribution in [0.4, 0.5) is 18.9 Å². The van der Waals surface area contributed by atoms with Crippen molar-refractivity contribution in [2.24, 2.45) is 0 Å². The number of benzene rings is 1. The zero-order valence-corrected chi connectivity index (χ0v) is 14.2. The molecule has 2 N–H and O–H groups in total. The summed E-state index contributed by atoms with van der Waals surface area (Å²) in [5.41, 5.74) is 4.76. The van der Waals surface area contributed by atoms with Crippen molar-refractivity contribution < 1.29 is 27.9 Å². The molecular formula is C17H14F3N5O3. The van der Waals surface area contributed by atoms with Gasteiger partial charge in [-0.25, -0.2) is 14.8 Å². The lowest BCUT2D eigenvalue weighted by atomic mass is 9.91. The summed E-state index contributed by atoms with van der Waals surface area (Å²) in [5.74, 6) is -1.32. The van der Waals surface area contributed by atoms with Crippen molar-refractivity contribution in [1.82, 2.24) is 20.5 Å². The first-order valence-electron chi connectivity index (χ1n) is 8.27. The SMILES string of the molecule is O=C(O)C1C2=C(NN1N(OC(F)(F)F)c1ccccc1)c1ncncc1CC2. The molecule has 1 aliphatic carbocycles. The molecule has 146 valence electrons. The number of rotatable bonds is 4. The van der Waals surface area contributed by atoms with Crippen molar-refractivity contribution in [3.05, 3.63) is 59.7 Å². The van der Waals surface area contributed by atoms with Crippen LogP contribution in [0.25, 0.3) is 5.70 Å². The highest BCUT2D eigenvalue weighted by atomic mass is 19.4. The van der Waals surface area contributed by atoms with Crippen LogP contribution in [0.2, 0.25) is 0 Å². The van der Waals surface area contributed by atoms with Gasteiger partial charge in [0.1, 0.15) is 6.33 Å². The monoisotopic (exact) mass is 393 g/mol. The summed E-state index contributed by atoms with van der Waals surface area (Å²) in [6, 6.07) is 6.01. The molecule has 28 heavy (non-hydrogen) atoms. The Morgan fingerprint density at radius 1 is 1.29 bits per heavy atom. The quantitative estimate of drug-likeness (QED) is 0.765. The Labute approximate surface area is 156 Å². The Morgan fingerprint density at radius 3 is 2.71 bits per heavy atom. The van der Waals surface area contributed by atoms with Crippen LogP contribution in [-0.4, -0.2) is 38.6 Å². The number of halogens is 3. The third kappa shape index (κ3) is 3.25. The van der Waals surface area contributed by atoms with E-state index in [9.17, 15) is 23.1 Å². The molecule has 2 heterocycles. The zero-order chi connectivity index (χ0) is 19.9. The molecule has 1 aliphatic heterocycles. The highest BCUT2D eigenvalue weighted by Crippen LogP contribution is 2.38. The number of aryl methyl sites for hydroxylation is 1. The number of para-hydroxylation sites is 1. The number of alkyl halides is 3. The van der Waals surface area contributed by atoms with Crippen LogP contribution in [0.3, 0.4) is 0 Å². The van der Waals surface area contributed by atoms with Gasteiger partial charge in [-0.2, -0.15) is 10.0 Å². The fourth-order valence-corrected chi connectivity index (χ4v) is 3.32. The number of carbonyl (C=O) groups is 1. The molecule has 4 rings (SSSR count). The van der Waals surface area contributed by atoms with Crippen LogP contribution in [0.5, 0.6) is 0 Å². The fraction of sp³-hybridized carbons (Fsp3) is 0.235. The van der Waals surface area contributed by atoms with Gasteiger partial charge in [-0.1, -0.05) is 23.3 Å².